The molecule has 0 amide bonds. The first kappa shape index (κ1) is 18.3. The molecule has 0 atom stereocenters. The van der Waals surface area contributed by atoms with Crippen LogP contribution in [-0.4, -0.2) is 21.2 Å². The zero-order chi connectivity index (χ0) is 18.9. The summed E-state index contributed by atoms with van der Waals surface area (Å²) in [7, 11) is 0. The highest BCUT2D eigenvalue weighted by Crippen LogP contribution is 2.19. The Bertz CT molecular complexity index is 906. The van der Waals surface area contributed by atoms with Gasteiger partial charge in [0, 0.05) is 36.2 Å². The van der Waals surface area contributed by atoms with Crippen LogP contribution >= 0.6 is 0 Å². The van der Waals surface area contributed by atoms with Gasteiger partial charge >= 0.3 is 0 Å². The number of nitro groups is 2. The van der Waals surface area contributed by atoms with Gasteiger partial charge in [0.25, 0.3) is 11.4 Å². The van der Waals surface area contributed by atoms with Crippen molar-refractivity contribution in [1.29, 1.82) is 0 Å². The lowest BCUT2D eigenvalue weighted by Crippen LogP contribution is -1.91. The number of aliphatic imine (C=N–C) groups is 1. The van der Waals surface area contributed by atoms with Crippen LogP contribution in [0, 0.1) is 20.2 Å². The van der Waals surface area contributed by atoms with E-state index < -0.39 is 9.85 Å². The fourth-order valence-corrected chi connectivity index (χ4v) is 1.87. The van der Waals surface area contributed by atoms with E-state index in [4.69, 9.17) is 0 Å². The maximum Gasteiger partial charge on any atom is 0.271 e. The number of benzene rings is 2. The van der Waals surface area contributed by atoms with Gasteiger partial charge in [-0.1, -0.05) is 12.1 Å². The van der Waals surface area contributed by atoms with Crippen molar-refractivity contribution < 1.29 is 15.0 Å². The van der Waals surface area contributed by atoms with Crippen LogP contribution in [0.3, 0.4) is 0 Å². The summed E-state index contributed by atoms with van der Waals surface area (Å²) in [5, 5.41) is 33.9. The zero-order valence-corrected chi connectivity index (χ0v) is 13.4. The molecule has 0 saturated heterocycles. The molecular formula is C17H14N4O5. The number of nitrogens with zero attached hydrogens (tertiary/aromatic N) is 3. The number of nitro benzene ring substituents is 2. The summed E-state index contributed by atoms with van der Waals surface area (Å²) in [4.78, 5) is 24.3. The Balaban J connectivity index is 1.96. The summed E-state index contributed by atoms with van der Waals surface area (Å²) in [6.07, 6.45) is 5.45. The molecule has 0 radical (unpaired) electrons. The van der Waals surface area contributed by atoms with Gasteiger partial charge < -0.3 is 10.4 Å². The maximum absolute atomic E-state index is 10.7. The standard InChI is InChI=1S/C17H14N4O5/c22-17(12-19-14-5-2-7-16(11-14)21(25)26)8-3-9-18-13-4-1-6-15(10-13)20(23)24/h1-12,18,22H/b9-3+,17-8-,19-12?. The van der Waals surface area contributed by atoms with E-state index in [1.54, 1.807) is 18.2 Å². The molecular weight excluding hydrogens is 340 g/mol. The number of hydrogen-bond donors (Lipinski definition) is 2. The second-order valence-corrected chi connectivity index (χ2v) is 4.94. The predicted octanol–water partition coefficient (Wildman–Crippen LogP) is 4.27. The summed E-state index contributed by atoms with van der Waals surface area (Å²) < 4.78 is 0. The average Bonchev–Trinajstić information content (AvgIpc) is 2.64. The lowest BCUT2D eigenvalue weighted by molar-refractivity contribution is -0.385. The van der Waals surface area contributed by atoms with Crippen LogP contribution in [-0.2, 0) is 0 Å². The molecule has 9 heteroatoms. The van der Waals surface area contributed by atoms with Gasteiger partial charge in [0.1, 0.15) is 5.76 Å². The minimum absolute atomic E-state index is 0.0362. The Labute approximate surface area is 147 Å². The summed E-state index contributed by atoms with van der Waals surface area (Å²) in [6.45, 7) is 0. The summed E-state index contributed by atoms with van der Waals surface area (Å²) in [5.74, 6) is -0.173. The van der Waals surface area contributed by atoms with Crippen molar-refractivity contribution in [3.05, 3.63) is 92.9 Å². The molecule has 2 N–H and O–H groups in total. The quantitative estimate of drug-likeness (QED) is 0.251. The highest BCUT2D eigenvalue weighted by molar-refractivity contribution is 5.78. The van der Waals surface area contributed by atoms with Crippen molar-refractivity contribution in [2.45, 2.75) is 0 Å². The van der Waals surface area contributed by atoms with Gasteiger partial charge in [-0.05, 0) is 24.3 Å². The molecule has 132 valence electrons. The normalized spacial score (nSPS) is 11.8. The minimum atomic E-state index is -0.531. The largest absolute Gasteiger partial charge is 0.506 e. The first-order valence-corrected chi connectivity index (χ1v) is 7.31. The molecule has 9 nitrogen and oxygen atoms in total. The molecule has 0 aliphatic carbocycles. The third-order valence-electron chi connectivity index (χ3n) is 3.06. The smallest absolute Gasteiger partial charge is 0.271 e. The zero-order valence-electron chi connectivity index (χ0n) is 13.4. The molecule has 0 unspecified atom stereocenters. The summed E-state index contributed by atoms with van der Waals surface area (Å²) in [6, 6.07) is 11.6. The Morgan fingerprint density at radius 3 is 2.38 bits per heavy atom. The van der Waals surface area contributed by atoms with Gasteiger partial charge in [-0.3, -0.25) is 25.2 Å². The fourth-order valence-electron chi connectivity index (χ4n) is 1.87. The Kier molecular flexibility index (Phi) is 6.16. The highest BCUT2D eigenvalue weighted by atomic mass is 16.6. The van der Waals surface area contributed by atoms with Crippen molar-refractivity contribution in [2.24, 2.45) is 4.99 Å². The van der Waals surface area contributed by atoms with E-state index >= 15 is 0 Å². The fraction of sp³-hybridized carbons (Fsp3) is 0. The molecule has 0 fully saturated rings. The molecule has 0 aliphatic heterocycles. The number of aliphatic hydroxyl groups is 1. The summed E-state index contributed by atoms with van der Waals surface area (Å²) in [5.41, 5.74) is 0.724. The third kappa shape index (κ3) is 5.57. The van der Waals surface area contributed by atoms with Crippen LogP contribution in [0.2, 0.25) is 0 Å². The van der Waals surface area contributed by atoms with Gasteiger partial charge in [-0.25, -0.2) is 0 Å². The SMILES string of the molecule is O=[N+]([O-])c1cccc(N=C/C(O)=C/C=C/Nc2cccc([N+](=O)[O-])c2)c1. The second-order valence-electron chi connectivity index (χ2n) is 4.94. The molecule has 26 heavy (non-hydrogen) atoms. The summed E-state index contributed by atoms with van der Waals surface area (Å²) >= 11 is 0. The maximum atomic E-state index is 10.7. The minimum Gasteiger partial charge on any atom is -0.506 e. The average molecular weight is 354 g/mol. The van der Waals surface area contributed by atoms with E-state index in [0.717, 1.165) is 6.21 Å². The van der Waals surface area contributed by atoms with E-state index in [2.05, 4.69) is 10.3 Å². The van der Waals surface area contributed by atoms with Gasteiger partial charge in [-0.2, -0.15) is 0 Å². The van der Waals surface area contributed by atoms with Crippen LogP contribution in [0.4, 0.5) is 22.7 Å². The Morgan fingerprint density at radius 1 is 1.04 bits per heavy atom. The predicted molar refractivity (Wildman–Crippen MR) is 97.8 cm³/mol. The highest BCUT2D eigenvalue weighted by Gasteiger charge is 2.05. The molecule has 2 rings (SSSR count). The van der Waals surface area contributed by atoms with Crippen molar-refractivity contribution in [3.63, 3.8) is 0 Å². The van der Waals surface area contributed by atoms with Gasteiger partial charge in [0.2, 0.25) is 0 Å². The van der Waals surface area contributed by atoms with Crippen molar-refractivity contribution >= 4 is 29.0 Å². The molecule has 0 spiro atoms. The molecule has 2 aromatic rings. The number of anilines is 1. The van der Waals surface area contributed by atoms with Crippen LogP contribution in [0.15, 0.2) is 77.6 Å². The van der Waals surface area contributed by atoms with E-state index in [-0.39, 0.29) is 17.1 Å². The molecule has 0 bridgehead atoms. The van der Waals surface area contributed by atoms with Crippen LogP contribution in [0.25, 0.3) is 0 Å². The number of nitrogens with one attached hydrogen (secondary N) is 1. The van der Waals surface area contributed by atoms with Crippen LogP contribution in [0.5, 0.6) is 0 Å². The number of non-ortho nitro benzene ring substituents is 2. The van der Waals surface area contributed by atoms with Crippen molar-refractivity contribution in [3.8, 4) is 0 Å². The molecule has 0 aromatic heterocycles. The number of aliphatic hydroxyl groups excluding tert-OH is 1. The number of hydrogen-bond acceptors (Lipinski definition) is 7. The van der Waals surface area contributed by atoms with Gasteiger partial charge in [0.15, 0.2) is 0 Å². The van der Waals surface area contributed by atoms with Crippen molar-refractivity contribution in [2.75, 3.05) is 5.32 Å². The lowest BCUT2D eigenvalue weighted by atomic mass is 10.3. The van der Waals surface area contributed by atoms with Crippen LogP contribution < -0.4 is 5.32 Å². The van der Waals surface area contributed by atoms with E-state index in [0.29, 0.717) is 11.4 Å². The van der Waals surface area contributed by atoms with Crippen molar-refractivity contribution in [1.82, 2.24) is 0 Å². The molecule has 0 heterocycles. The lowest BCUT2D eigenvalue weighted by Gasteiger charge is -1.99. The van der Waals surface area contributed by atoms with Gasteiger partial charge in [0.05, 0.1) is 21.7 Å². The molecule has 0 saturated carbocycles. The number of rotatable bonds is 7. The van der Waals surface area contributed by atoms with Crippen LogP contribution in [0.1, 0.15) is 0 Å². The number of allylic oxidation sites excluding steroid dienone is 3. The first-order valence-electron chi connectivity index (χ1n) is 7.31. The van der Waals surface area contributed by atoms with E-state index in [9.17, 15) is 25.3 Å². The molecule has 2 aromatic carbocycles. The van der Waals surface area contributed by atoms with Gasteiger partial charge in [-0.15, -0.1) is 0 Å². The third-order valence-corrected chi connectivity index (χ3v) is 3.06. The molecule has 0 aliphatic rings. The first-order chi connectivity index (χ1) is 12.5. The topological polar surface area (TPSA) is 131 Å². The Hall–Kier alpha value is -4.01. The monoisotopic (exact) mass is 354 g/mol. The van der Waals surface area contributed by atoms with E-state index in [1.807, 2.05) is 0 Å². The second kappa shape index (κ2) is 8.73. The van der Waals surface area contributed by atoms with E-state index in [1.165, 1.54) is 48.7 Å². The Morgan fingerprint density at radius 2 is 1.69 bits per heavy atom.